The van der Waals surface area contributed by atoms with E-state index in [1.165, 1.54) is 18.5 Å². The molecule has 0 atom stereocenters. The monoisotopic (exact) mass is 242 g/mol. The Kier molecular flexibility index (Phi) is 2.88. The van der Waals surface area contributed by atoms with Gasteiger partial charge >= 0.3 is 0 Å². The van der Waals surface area contributed by atoms with Crippen LogP contribution in [0.25, 0.3) is 5.69 Å². The van der Waals surface area contributed by atoms with Gasteiger partial charge in [-0.3, -0.25) is 4.98 Å². The molecular weight excluding hydrogens is 224 g/mol. The van der Waals surface area contributed by atoms with Crippen LogP contribution in [0.5, 0.6) is 0 Å². The molecule has 0 saturated heterocycles. The summed E-state index contributed by atoms with van der Waals surface area (Å²) in [7, 11) is 0. The van der Waals surface area contributed by atoms with Crippen molar-refractivity contribution in [2.24, 2.45) is 0 Å². The standard InChI is InChI=1S/C14H18N4/c1-10-11(2)18(9-17-10)14-5-6-15-13(7-14)8-16-12-3-4-12/h5-7,9,12,16H,3-4,8H2,1-2H3. The number of nitrogens with one attached hydrogen (secondary N) is 1. The van der Waals surface area contributed by atoms with Gasteiger partial charge in [-0.15, -0.1) is 0 Å². The van der Waals surface area contributed by atoms with Gasteiger partial charge in [0.05, 0.1) is 23.4 Å². The van der Waals surface area contributed by atoms with Crippen molar-refractivity contribution in [2.45, 2.75) is 39.3 Å². The molecule has 1 fully saturated rings. The average molecular weight is 242 g/mol. The average Bonchev–Trinajstić information content (AvgIpc) is 3.15. The molecule has 2 aromatic rings. The number of hydrogen-bond donors (Lipinski definition) is 1. The van der Waals surface area contributed by atoms with E-state index in [1.54, 1.807) is 0 Å². The van der Waals surface area contributed by atoms with Gasteiger partial charge in [-0.25, -0.2) is 4.98 Å². The lowest BCUT2D eigenvalue weighted by molar-refractivity contribution is 0.674. The predicted octanol–water partition coefficient (Wildman–Crippen LogP) is 2.14. The lowest BCUT2D eigenvalue weighted by Gasteiger charge is -2.08. The van der Waals surface area contributed by atoms with Crippen LogP contribution in [-0.2, 0) is 6.54 Å². The van der Waals surface area contributed by atoms with Crippen molar-refractivity contribution >= 4 is 0 Å². The molecular formula is C14H18N4. The summed E-state index contributed by atoms with van der Waals surface area (Å²) in [4.78, 5) is 8.74. The van der Waals surface area contributed by atoms with Crippen LogP contribution in [0, 0.1) is 13.8 Å². The maximum atomic E-state index is 4.40. The van der Waals surface area contributed by atoms with Gasteiger partial charge in [0.25, 0.3) is 0 Å². The number of aryl methyl sites for hydroxylation is 1. The van der Waals surface area contributed by atoms with E-state index in [9.17, 15) is 0 Å². The fraction of sp³-hybridized carbons (Fsp3) is 0.429. The smallest absolute Gasteiger partial charge is 0.0997 e. The Morgan fingerprint density at radius 1 is 1.33 bits per heavy atom. The molecule has 3 rings (SSSR count). The summed E-state index contributed by atoms with van der Waals surface area (Å²) < 4.78 is 2.11. The van der Waals surface area contributed by atoms with Gasteiger partial charge < -0.3 is 9.88 Å². The molecule has 0 bridgehead atoms. The number of aromatic nitrogens is 3. The third-order valence-corrected chi connectivity index (χ3v) is 3.48. The van der Waals surface area contributed by atoms with Crippen molar-refractivity contribution in [1.29, 1.82) is 0 Å². The normalized spacial score (nSPS) is 15.0. The first kappa shape index (κ1) is 11.4. The van der Waals surface area contributed by atoms with Crippen molar-refractivity contribution in [3.8, 4) is 5.69 Å². The Hall–Kier alpha value is -1.68. The van der Waals surface area contributed by atoms with Crippen LogP contribution in [0.4, 0.5) is 0 Å². The maximum absolute atomic E-state index is 4.40. The largest absolute Gasteiger partial charge is 0.308 e. The van der Waals surface area contributed by atoms with Gasteiger partial charge in [0.15, 0.2) is 0 Å². The van der Waals surface area contributed by atoms with E-state index in [2.05, 4.69) is 32.8 Å². The molecule has 0 spiro atoms. The van der Waals surface area contributed by atoms with Gasteiger partial charge in [0.2, 0.25) is 0 Å². The lowest BCUT2D eigenvalue weighted by Crippen LogP contribution is -2.16. The second-order valence-electron chi connectivity index (χ2n) is 4.95. The minimum atomic E-state index is 0.715. The topological polar surface area (TPSA) is 42.7 Å². The molecule has 0 aromatic carbocycles. The molecule has 2 heterocycles. The van der Waals surface area contributed by atoms with E-state index < -0.39 is 0 Å². The number of nitrogens with zero attached hydrogens (tertiary/aromatic N) is 3. The molecule has 1 aliphatic rings. The van der Waals surface area contributed by atoms with E-state index in [4.69, 9.17) is 0 Å². The zero-order chi connectivity index (χ0) is 12.5. The van der Waals surface area contributed by atoms with Gasteiger partial charge in [0.1, 0.15) is 0 Å². The molecule has 2 aromatic heterocycles. The second kappa shape index (κ2) is 4.53. The van der Waals surface area contributed by atoms with E-state index in [0.29, 0.717) is 6.04 Å². The minimum absolute atomic E-state index is 0.715. The van der Waals surface area contributed by atoms with Gasteiger partial charge in [-0.1, -0.05) is 0 Å². The summed E-state index contributed by atoms with van der Waals surface area (Å²) in [5.74, 6) is 0. The summed E-state index contributed by atoms with van der Waals surface area (Å²) in [6, 6.07) is 4.87. The SMILES string of the molecule is Cc1ncn(-c2ccnc(CNC3CC3)c2)c1C. The van der Waals surface area contributed by atoms with Gasteiger partial charge in [0, 0.05) is 24.5 Å². The number of hydrogen-bond acceptors (Lipinski definition) is 3. The quantitative estimate of drug-likeness (QED) is 0.893. The predicted molar refractivity (Wildman–Crippen MR) is 70.7 cm³/mol. The van der Waals surface area contributed by atoms with Crippen molar-refractivity contribution in [3.05, 3.63) is 41.7 Å². The molecule has 1 saturated carbocycles. The molecule has 0 aliphatic heterocycles. The Bertz CT molecular complexity index is 555. The summed E-state index contributed by atoms with van der Waals surface area (Å²) in [5, 5.41) is 3.48. The first-order chi connectivity index (χ1) is 8.74. The first-order valence-electron chi connectivity index (χ1n) is 6.43. The van der Waals surface area contributed by atoms with Crippen LogP contribution < -0.4 is 5.32 Å². The molecule has 0 unspecified atom stereocenters. The minimum Gasteiger partial charge on any atom is -0.308 e. The molecule has 94 valence electrons. The van der Waals surface area contributed by atoms with Crippen LogP contribution in [0.1, 0.15) is 29.9 Å². The molecule has 1 aliphatic carbocycles. The lowest BCUT2D eigenvalue weighted by atomic mass is 10.3. The first-order valence-corrected chi connectivity index (χ1v) is 6.43. The van der Waals surface area contributed by atoms with E-state index in [0.717, 1.165) is 23.6 Å². The highest BCUT2D eigenvalue weighted by Gasteiger charge is 2.20. The highest BCUT2D eigenvalue weighted by atomic mass is 15.1. The van der Waals surface area contributed by atoms with Crippen LogP contribution in [-0.4, -0.2) is 20.6 Å². The Balaban J connectivity index is 1.83. The number of imidazole rings is 1. The van der Waals surface area contributed by atoms with Crippen molar-refractivity contribution in [3.63, 3.8) is 0 Å². The molecule has 18 heavy (non-hydrogen) atoms. The van der Waals surface area contributed by atoms with Crippen LogP contribution in [0.2, 0.25) is 0 Å². The van der Waals surface area contributed by atoms with Crippen molar-refractivity contribution in [1.82, 2.24) is 19.9 Å². The Labute approximate surface area is 107 Å². The Morgan fingerprint density at radius 3 is 2.83 bits per heavy atom. The molecule has 1 N–H and O–H groups in total. The van der Waals surface area contributed by atoms with E-state index in [-0.39, 0.29) is 0 Å². The van der Waals surface area contributed by atoms with E-state index in [1.807, 2.05) is 25.5 Å². The summed E-state index contributed by atoms with van der Waals surface area (Å²) >= 11 is 0. The van der Waals surface area contributed by atoms with Crippen molar-refractivity contribution in [2.75, 3.05) is 0 Å². The third kappa shape index (κ3) is 2.29. The van der Waals surface area contributed by atoms with Gasteiger partial charge in [-0.2, -0.15) is 0 Å². The molecule has 0 amide bonds. The van der Waals surface area contributed by atoms with Crippen LogP contribution in [0.3, 0.4) is 0 Å². The highest BCUT2D eigenvalue weighted by molar-refractivity contribution is 5.35. The van der Waals surface area contributed by atoms with Crippen LogP contribution >= 0.6 is 0 Å². The summed E-state index contributed by atoms with van der Waals surface area (Å²) in [5.41, 5.74) is 4.48. The number of rotatable bonds is 4. The molecule has 0 radical (unpaired) electrons. The highest BCUT2D eigenvalue weighted by Crippen LogP contribution is 2.19. The summed E-state index contributed by atoms with van der Waals surface area (Å²) in [6.07, 6.45) is 6.35. The van der Waals surface area contributed by atoms with E-state index >= 15 is 0 Å². The zero-order valence-electron chi connectivity index (χ0n) is 10.8. The molecule has 4 heteroatoms. The van der Waals surface area contributed by atoms with Crippen molar-refractivity contribution < 1.29 is 0 Å². The van der Waals surface area contributed by atoms with Gasteiger partial charge in [-0.05, 0) is 38.8 Å². The molecule has 4 nitrogen and oxygen atoms in total. The maximum Gasteiger partial charge on any atom is 0.0997 e. The fourth-order valence-corrected chi connectivity index (χ4v) is 2.01. The Morgan fingerprint density at radius 2 is 2.17 bits per heavy atom. The zero-order valence-corrected chi connectivity index (χ0v) is 10.8. The third-order valence-electron chi connectivity index (χ3n) is 3.48. The summed E-state index contributed by atoms with van der Waals surface area (Å²) in [6.45, 7) is 4.97. The number of pyridine rings is 1. The second-order valence-corrected chi connectivity index (χ2v) is 4.95. The van der Waals surface area contributed by atoms with Crippen LogP contribution in [0.15, 0.2) is 24.7 Å². The fourth-order valence-electron chi connectivity index (χ4n) is 2.01.